The van der Waals surface area contributed by atoms with Gasteiger partial charge in [0.1, 0.15) is 18.3 Å². The maximum absolute atomic E-state index is 13.6. The molecular weight excluding hydrogens is 494 g/mol. The van der Waals surface area contributed by atoms with Crippen molar-refractivity contribution in [2.45, 2.75) is 90.4 Å². The molecule has 1 aromatic carbocycles. The van der Waals surface area contributed by atoms with E-state index >= 15 is 0 Å². The van der Waals surface area contributed by atoms with Gasteiger partial charge in [0.25, 0.3) is 5.56 Å². The van der Waals surface area contributed by atoms with E-state index in [1.54, 1.807) is 20.0 Å². The molecule has 9 heteroatoms. The number of nitrogens with one attached hydrogen (secondary N) is 4. The van der Waals surface area contributed by atoms with Crippen molar-refractivity contribution in [2.75, 3.05) is 12.4 Å². The van der Waals surface area contributed by atoms with E-state index in [-0.39, 0.29) is 36.0 Å². The molecular formula is C30H41N5O4. The first-order valence-electron chi connectivity index (χ1n) is 14.1. The second-order valence-corrected chi connectivity index (χ2v) is 11.1. The zero-order chi connectivity index (χ0) is 28.1. The van der Waals surface area contributed by atoms with Crippen LogP contribution in [0, 0.1) is 5.92 Å². The highest BCUT2D eigenvalue weighted by atomic mass is 16.2. The number of carbonyl (C=O) groups excluding carboxylic acids is 3. The van der Waals surface area contributed by atoms with Crippen molar-refractivity contribution >= 4 is 23.4 Å². The number of nitrogens with zero attached hydrogens (tertiary/aromatic N) is 1. The number of carbonyl (C=O) groups is 3. The van der Waals surface area contributed by atoms with Crippen LogP contribution >= 0.6 is 0 Å². The van der Waals surface area contributed by atoms with E-state index < -0.39 is 23.6 Å². The molecule has 3 atom stereocenters. The Morgan fingerprint density at radius 3 is 2.44 bits per heavy atom. The lowest BCUT2D eigenvalue weighted by Crippen LogP contribution is -2.52. The molecule has 4 N–H and O–H groups in total. The number of fused-ring (bicyclic) bond motifs is 2. The molecule has 0 fully saturated rings. The topological polar surface area (TPSA) is 121 Å². The molecule has 2 aliphatic carbocycles. The molecule has 0 spiro atoms. The normalized spacial score (nSPS) is 17.9. The smallest absolute Gasteiger partial charge is 0.275 e. The predicted molar refractivity (Wildman–Crippen MR) is 152 cm³/mol. The standard InChI is InChI=1S/C30H41N5O4/c1-18(2)27(34-28(37)19(3)31-4)29(38)33-24-16-21-11-6-8-15-25(21)35(30(24)39)17-26(36)32-23-14-9-12-20-10-5-7-13-22(20)23/h5,7,10,13,16,18-19,23,27,31H,6,8-9,11-12,14-15,17H2,1-4H3,(H,32,36)(H,33,38)(H,34,37)/t19-,23-,27-/m0/s1. The minimum absolute atomic E-state index is 0.0766. The van der Waals surface area contributed by atoms with Gasteiger partial charge in [-0.25, -0.2) is 0 Å². The lowest BCUT2D eigenvalue weighted by Gasteiger charge is -2.27. The predicted octanol–water partition coefficient (Wildman–Crippen LogP) is 2.61. The molecule has 0 radical (unpaired) electrons. The molecule has 1 aromatic heterocycles. The Labute approximate surface area is 230 Å². The fraction of sp³-hybridized carbons (Fsp3) is 0.533. The summed E-state index contributed by atoms with van der Waals surface area (Å²) in [4.78, 5) is 52.6. The fourth-order valence-corrected chi connectivity index (χ4v) is 5.58. The molecule has 0 saturated carbocycles. The van der Waals surface area contributed by atoms with Gasteiger partial charge >= 0.3 is 0 Å². The molecule has 39 heavy (non-hydrogen) atoms. The van der Waals surface area contributed by atoms with Gasteiger partial charge in [-0.05, 0) is 87.6 Å². The van der Waals surface area contributed by atoms with Crippen LogP contribution in [0.25, 0.3) is 0 Å². The second kappa shape index (κ2) is 12.6. The van der Waals surface area contributed by atoms with Gasteiger partial charge in [0.05, 0.1) is 12.1 Å². The number of aromatic nitrogens is 1. The van der Waals surface area contributed by atoms with E-state index in [9.17, 15) is 19.2 Å². The molecule has 0 saturated heterocycles. The average molecular weight is 536 g/mol. The summed E-state index contributed by atoms with van der Waals surface area (Å²) in [6, 6.07) is 8.57. The second-order valence-electron chi connectivity index (χ2n) is 11.1. The first-order chi connectivity index (χ1) is 18.7. The molecule has 2 aliphatic rings. The van der Waals surface area contributed by atoms with Crippen molar-refractivity contribution in [3.63, 3.8) is 0 Å². The Hall–Kier alpha value is -3.46. The van der Waals surface area contributed by atoms with Crippen molar-refractivity contribution in [1.82, 2.24) is 20.5 Å². The van der Waals surface area contributed by atoms with Crippen molar-refractivity contribution in [1.29, 1.82) is 0 Å². The van der Waals surface area contributed by atoms with Crippen molar-refractivity contribution < 1.29 is 14.4 Å². The molecule has 0 aliphatic heterocycles. The zero-order valence-corrected chi connectivity index (χ0v) is 23.4. The maximum Gasteiger partial charge on any atom is 0.275 e. The summed E-state index contributed by atoms with van der Waals surface area (Å²) in [6.07, 6.45) is 6.28. The number of amides is 3. The highest BCUT2D eigenvalue weighted by Crippen LogP contribution is 2.29. The number of anilines is 1. The van der Waals surface area contributed by atoms with Gasteiger partial charge in [0, 0.05) is 5.69 Å². The lowest BCUT2D eigenvalue weighted by atomic mass is 9.88. The summed E-state index contributed by atoms with van der Waals surface area (Å²) in [7, 11) is 1.67. The highest BCUT2D eigenvalue weighted by Gasteiger charge is 2.28. The van der Waals surface area contributed by atoms with Crippen LogP contribution in [0.5, 0.6) is 0 Å². The van der Waals surface area contributed by atoms with Gasteiger partial charge in [-0.15, -0.1) is 0 Å². The third-order valence-corrected chi connectivity index (χ3v) is 7.94. The van der Waals surface area contributed by atoms with Crippen molar-refractivity contribution in [3.05, 3.63) is 63.1 Å². The number of aryl methyl sites for hydroxylation is 2. The van der Waals surface area contributed by atoms with Crippen LogP contribution < -0.4 is 26.8 Å². The Morgan fingerprint density at radius 1 is 0.974 bits per heavy atom. The van der Waals surface area contributed by atoms with Crippen LogP contribution in [0.1, 0.15) is 74.9 Å². The van der Waals surface area contributed by atoms with Crippen LogP contribution in [0.15, 0.2) is 35.1 Å². The number of pyridine rings is 1. The molecule has 4 rings (SSSR count). The summed E-state index contributed by atoms with van der Waals surface area (Å²) in [5, 5.41) is 11.6. The number of hydrogen-bond donors (Lipinski definition) is 4. The largest absolute Gasteiger partial charge is 0.348 e. The van der Waals surface area contributed by atoms with Gasteiger partial charge in [0.15, 0.2) is 0 Å². The average Bonchev–Trinajstić information content (AvgIpc) is 2.93. The fourth-order valence-electron chi connectivity index (χ4n) is 5.58. The number of likely N-dealkylation sites (N-methyl/N-ethyl adjacent to an activating group) is 1. The van der Waals surface area contributed by atoms with E-state index in [4.69, 9.17) is 0 Å². The van der Waals surface area contributed by atoms with E-state index in [1.807, 2.05) is 26.0 Å². The summed E-state index contributed by atoms with van der Waals surface area (Å²) < 4.78 is 1.53. The minimum Gasteiger partial charge on any atom is -0.348 e. The van der Waals surface area contributed by atoms with Crippen LogP contribution in [-0.2, 0) is 40.2 Å². The van der Waals surface area contributed by atoms with E-state index in [2.05, 4.69) is 33.4 Å². The molecule has 9 nitrogen and oxygen atoms in total. The van der Waals surface area contributed by atoms with E-state index in [0.717, 1.165) is 55.3 Å². The van der Waals surface area contributed by atoms with Crippen LogP contribution in [0.2, 0.25) is 0 Å². The summed E-state index contributed by atoms with van der Waals surface area (Å²) >= 11 is 0. The molecule has 0 unspecified atom stereocenters. The zero-order valence-electron chi connectivity index (χ0n) is 23.4. The quantitative estimate of drug-likeness (QED) is 0.393. The van der Waals surface area contributed by atoms with Gasteiger partial charge in [-0.2, -0.15) is 0 Å². The summed E-state index contributed by atoms with van der Waals surface area (Å²) in [6.45, 7) is 5.29. The molecule has 0 bridgehead atoms. The molecule has 1 heterocycles. The van der Waals surface area contributed by atoms with Gasteiger partial charge in [-0.1, -0.05) is 38.1 Å². The molecule has 2 aromatic rings. The van der Waals surface area contributed by atoms with Crippen molar-refractivity contribution in [3.8, 4) is 0 Å². The summed E-state index contributed by atoms with van der Waals surface area (Å²) in [5.74, 6) is -1.16. The highest BCUT2D eigenvalue weighted by molar-refractivity contribution is 5.98. The Bertz CT molecular complexity index is 1280. The van der Waals surface area contributed by atoms with Crippen LogP contribution in [-0.4, -0.2) is 41.4 Å². The van der Waals surface area contributed by atoms with Crippen LogP contribution in [0.3, 0.4) is 0 Å². The number of rotatable bonds is 9. The molecule has 3 amide bonds. The summed E-state index contributed by atoms with van der Waals surface area (Å²) in [5.41, 5.74) is 3.96. The third kappa shape index (κ3) is 6.58. The third-order valence-electron chi connectivity index (χ3n) is 7.94. The minimum atomic E-state index is -0.813. The molecule has 210 valence electrons. The SMILES string of the molecule is CN[C@@H](C)C(=O)N[C@H](C(=O)Nc1cc2c(n(CC(=O)N[C@H]3CCCc4ccccc43)c1=O)CCCC2)C(C)C. The Morgan fingerprint density at radius 2 is 1.69 bits per heavy atom. The van der Waals surface area contributed by atoms with Crippen molar-refractivity contribution in [2.24, 2.45) is 5.92 Å². The maximum atomic E-state index is 13.6. The Kier molecular flexibility index (Phi) is 9.22. The number of hydrogen-bond acceptors (Lipinski definition) is 5. The monoisotopic (exact) mass is 535 g/mol. The van der Waals surface area contributed by atoms with E-state index in [1.165, 1.54) is 10.1 Å². The first kappa shape index (κ1) is 28.5. The first-order valence-corrected chi connectivity index (χ1v) is 14.1. The lowest BCUT2D eigenvalue weighted by molar-refractivity contribution is -0.128. The van der Waals surface area contributed by atoms with Gasteiger partial charge in [-0.3, -0.25) is 19.2 Å². The Balaban J connectivity index is 1.56. The van der Waals surface area contributed by atoms with Crippen LogP contribution in [0.4, 0.5) is 5.69 Å². The van der Waals surface area contributed by atoms with E-state index in [0.29, 0.717) is 6.42 Å². The number of benzene rings is 1. The van der Waals surface area contributed by atoms with Gasteiger partial charge < -0.3 is 25.8 Å². The van der Waals surface area contributed by atoms with Gasteiger partial charge in [0.2, 0.25) is 17.7 Å².